The Morgan fingerprint density at radius 1 is 1.04 bits per heavy atom. The molecular formula is C18H13N3O3S. The molecule has 4 aromatic heterocycles. The van der Waals surface area contributed by atoms with Gasteiger partial charge in [0.05, 0.1) is 30.5 Å². The third-order valence-electron chi connectivity index (χ3n) is 3.59. The lowest BCUT2D eigenvalue weighted by molar-refractivity contribution is 0.457. The highest BCUT2D eigenvalue weighted by Gasteiger charge is 2.23. The average Bonchev–Trinajstić information content (AvgIpc) is 3.40. The number of oxazole rings is 1. The molecule has 0 aliphatic carbocycles. The van der Waals surface area contributed by atoms with E-state index < -0.39 is 0 Å². The Bertz CT molecular complexity index is 928. The molecule has 0 unspecified atom stereocenters. The van der Waals surface area contributed by atoms with Gasteiger partial charge in [0.2, 0.25) is 17.5 Å². The number of hydrogen-bond acceptors (Lipinski definition) is 7. The van der Waals surface area contributed by atoms with Crippen LogP contribution in [0.2, 0.25) is 0 Å². The average molecular weight is 351 g/mol. The topological polar surface area (TPSA) is 79.3 Å². The molecule has 0 amide bonds. The van der Waals surface area contributed by atoms with Gasteiger partial charge < -0.3 is 18.2 Å². The summed E-state index contributed by atoms with van der Waals surface area (Å²) in [5.41, 5.74) is 0.238. The molecule has 124 valence electrons. The number of rotatable bonds is 6. The van der Waals surface area contributed by atoms with Crippen molar-refractivity contribution in [2.75, 3.05) is 4.90 Å². The highest BCUT2D eigenvalue weighted by Crippen LogP contribution is 2.32. The highest BCUT2D eigenvalue weighted by molar-refractivity contribution is 7.13. The van der Waals surface area contributed by atoms with Crippen molar-refractivity contribution in [2.45, 2.75) is 13.1 Å². The van der Waals surface area contributed by atoms with Crippen LogP contribution in [0, 0.1) is 11.3 Å². The fourth-order valence-corrected chi connectivity index (χ4v) is 3.13. The Kier molecular flexibility index (Phi) is 4.11. The zero-order valence-electron chi connectivity index (χ0n) is 13.1. The minimum absolute atomic E-state index is 0.238. The lowest BCUT2D eigenvalue weighted by atomic mass is 10.3. The summed E-state index contributed by atoms with van der Waals surface area (Å²) in [6.07, 6.45) is 3.23. The summed E-state index contributed by atoms with van der Waals surface area (Å²) in [7, 11) is 0. The van der Waals surface area contributed by atoms with Crippen LogP contribution >= 0.6 is 11.3 Å². The maximum atomic E-state index is 9.49. The van der Waals surface area contributed by atoms with Crippen LogP contribution in [0.25, 0.3) is 10.8 Å². The maximum absolute atomic E-state index is 9.49. The van der Waals surface area contributed by atoms with Gasteiger partial charge in [-0.3, -0.25) is 0 Å². The number of thiophene rings is 1. The van der Waals surface area contributed by atoms with E-state index in [-0.39, 0.29) is 5.69 Å². The maximum Gasteiger partial charge on any atom is 0.240 e. The summed E-state index contributed by atoms with van der Waals surface area (Å²) < 4.78 is 16.8. The van der Waals surface area contributed by atoms with E-state index in [1.807, 2.05) is 46.7 Å². The van der Waals surface area contributed by atoms with Gasteiger partial charge in [-0.15, -0.1) is 11.3 Å². The summed E-state index contributed by atoms with van der Waals surface area (Å²) in [5, 5.41) is 11.4. The van der Waals surface area contributed by atoms with Gasteiger partial charge in [-0.2, -0.15) is 10.2 Å². The third kappa shape index (κ3) is 3.20. The van der Waals surface area contributed by atoms with Crippen LogP contribution in [0.4, 0.5) is 5.88 Å². The summed E-state index contributed by atoms with van der Waals surface area (Å²) in [5.74, 6) is 2.35. The van der Waals surface area contributed by atoms with Gasteiger partial charge in [-0.1, -0.05) is 6.07 Å². The molecule has 4 aromatic rings. The Morgan fingerprint density at radius 3 is 2.28 bits per heavy atom. The van der Waals surface area contributed by atoms with E-state index in [0.717, 1.165) is 16.4 Å². The number of anilines is 1. The van der Waals surface area contributed by atoms with E-state index in [4.69, 9.17) is 13.3 Å². The predicted molar refractivity (Wildman–Crippen MR) is 91.8 cm³/mol. The van der Waals surface area contributed by atoms with Crippen molar-refractivity contribution >= 4 is 17.2 Å². The Balaban J connectivity index is 1.71. The second-order valence-corrected chi connectivity index (χ2v) is 6.22. The van der Waals surface area contributed by atoms with Gasteiger partial charge in [0.25, 0.3) is 0 Å². The van der Waals surface area contributed by atoms with Crippen LogP contribution in [0.1, 0.15) is 17.2 Å². The van der Waals surface area contributed by atoms with Gasteiger partial charge in [-0.05, 0) is 35.7 Å². The molecule has 4 rings (SSSR count). The van der Waals surface area contributed by atoms with E-state index in [1.165, 1.54) is 11.3 Å². The van der Waals surface area contributed by atoms with E-state index in [0.29, 0.717) is 24.9 Å². The Labute approximate surface area is 147 Å². The van der Waals surface area contributed by atoms with Gasteiger partial charge in [0, 0.05) is 0 Å². The van der Waals surface area contributed by atoms with Gasteiger partial charge in [0.15, 0.2) is 0 Å². The van der Waals surface area contributed by atoms with Crippen molar-refractivity contribution < 1.29 is 13.3 Å². The minimum atomic E-state index is 0.238. The van der Waals surface area contributed by atoms with Crippen molar-refractivity contribution in [1.82, 2.24) is 4.98 Å². The number of nitriles is 1. The molecule has 0 atom stereocenters. The van der Waals surface area contributed by atoms with Crippen molar-refractivity contribution in [2.24, 2.45) is 0 Å². The first-order chi connectivity index (χ1) is 12.3. The molecular weight excluding hydrogens is 338 g/mol. The first kappa shape index (κ1) is 15.3. The molecule has 0 radical (unpaired) electrons. The lowest BCUT2D eigenvalue weighted by Crippen LogP contribution is -2.22. The number of furan rings is 2. The fourth-order valence-electron chi connectivity index (χ4n) is 2.49. The zero-order chi connectivity index (χ0) is 17.1. The van der Waals surface area contributed by atoms with Gasteiger partial charge in [-0.25, -0.2) is 0 Å². The van der Waals surface area contributed by atoms with Crippen LogP contribution in [0.3, 0.4) is 0 Å². The molecule has 0 spiro atoms. The summed E-state index contributed by atoms with van der Waals surface area (Å²) in [4.78, 5) is 7.08. The van der Waals surface area contributed by atoms with Crippen LogP contribution in [0.15, 0.2) is 67.6 Å². The van der Waals surface area contributed by atoms with Crippen LogP contribution in [0.5, 0.6) is 0 Å². The number of nitrogens with zero attached hydrogens (tertiary/aromatic N) is 3. The SMILES string of the molecule is N#Cc1nc(-c2cccs2)oc1N(Cc1ccco1)Cc1ccco1. The summed E-state index contributed by atoms with van der Waals surface area (Å²) >= 11 is 1.51. The van der Waals surface area contributed by atoms with Crippen molar-refractivity contribution in [3.8, 4) is 16.8 Å². The van der Waals surface area contributed by atoms with E-state index >= 15 is 0 Å². The summed E-state index contributed by atoms with van der Waals surface area (Å²) in [6, 6.07) is 13.3. The third-order valence-corrected chi connectivity index (χ3v) is 4.45. The van der Waals surface area contributed by atoms with E-state index in [2.05, 4.69) is 11.1 Å². The van der Waals surface area contributed by atoms with Gasteiger partial charge >= 0.3 is 0 Å². The zero-order valence-corrected chi connectivity index (χ0v) is 13.9. The summed E-state index contributed by atoms with van der Waals surface area (Å²) in [6.45, 7) is 0.864. The monoisotopic (exact) mass is 351 g/mol. The number of aromatic nitrogens is 1. The molecule has 25 heavy (non-hydrogen) atoms. The molecule has 4 heterocycles. The smallest absolute Gasteiger partial charge is 0.240 e. The Morgan fingerprint density at radius 2 is 1.76 bits per heavy atom. The quantitative estimate of drug-likeness (QED) is 0.502. The molecule has 6 nitrogen and oxygen atoms in total. The molecule has 0 aliphatic rings. The van der Waals surface area contributed by atoms with Crippen molar-refractivity contribution in [1.29, 1.82) is 5.26 Å². The lowest BCUT2D eigenvalue weighted by Gasteiger charge is -2.19. The molecule has 0 saturated carbocycles. The predicted octanol–water partition coefficient (Wildman–Crippen LogP) is 4.67. The first-order valence-electron chi connectivity index (χ1n) is 7.58. The standard InChI is InChI=1S/C18H13N3O3S/c19-10-15-18(24-17(20-15)16-6-3-9-25-16)21(11-13-4-1-7-22-13)12-14-5-2-8-23-14/h1-9H,11-12H2. The number of hydrogen-bond donors (Lipinski definition) is 0. The largest absolute Gasteiger partial charge is 0.467 e. The molecule has 0 fully saturated rings. The molecule has 0 bridgehead atoms. The molecule has 0 aromatic carbocycles. The van der Waals surface area contributed by atoms with Crippen LogP contribution < -0.4 is 4.90 Å². The molecule has 7 heteroatoms. The first-order valence-corrected chi connectivity index (χ1v) is 8.46. The molecule has 0 aliphatic heterocycles. The fraction of sp³-hybridized carbons (Fsp3) is 0.111. The normalized spacial score (nSPS) is 10.7. The Hall–Kier alpha value is -3.24. The van der Waals surface area contributed by atoms with E-state index in [1.54, 1.807) is 12.5 Å². The molecule has 0 saturated heterocycles. The molecule has 0 N–H and O–H groups in total. The second kappa shape index (κ2) is 6.71. The van der Waals surface area contributed by atoms with Crippen LogP contribution in [-0.2, 0) is 13.1 Å². The minimum Gasteiger partial charge on any atom is -0.467 e. The highest BCUT2D eigenvalue weighted by atomic mass is 32.1. The van der Waals surface area contributed by atoms with Crippen LogP contribution in [-0.4, -0.2) is 4.98 Å². The van der Waals surface area contributed by atoms with Crippen molar-refractivity contribution in [3.05, 3.63) is 71.5 Å². The van der Waals surface area contributed by atoms with E-state index in [9.17, 15) is 5.26 Å². The second-order valence-electron chi connectivity index (χ2n) is 5.28. The van der Waals surface area contributed by atoms with Gasteiger partial charge in [0.1, 0.15) is 17.6 Å². The van der Waals surface area contributed by atoms with Crippen molar-refractivity contribution in [3.63, 3.8) is 0 Å².